The second-order valence-electron chi connectivity index (χ2n) is 6.82. The number of hydrogen-bond donors (Lipinski definition) is 0. The molecule has 136 valence electrons. The van der Waals surface area contributed by atoms with Gasteiger partial charge in [0.25, 0.3) is 0 Å². The lowest BCUT2D eigenvalue weighted by Crippen LogP contribution is -2.35. The van der Waals surface area contributed by atoms with E-state index >= 15 is 0 Å². The molecule has 6 heteroatoms. The van der Waals surface area contributed by atoms with Gasteiger partial charge in [-0.1, -0.05) is 12.1 Å². The first-order chi connectivity index (χ1) is 12.8. The number of likely N-dealkylation sites (tertiary alicyclic amines) is 1. The lowest BCUT2D eigenvalue weighted by molar-refractivity contribution is 0.194. The maximum atomic E-state index is 5.35. The number of thiazole rings is 1. The van der Waals surface area contributed by atoms with E-state index in [1.54, 1.807) is 18.4 Å². The highest BCUT2D eigenvalue weighted by Crippen LogP contribution is 2.27. The topological polar surface area (TPSA) is 43.2 Å². The summed E-state index contributed by atoms with van der Waals surface area (Å²) in [6.45, 7) is 3.96. The summed E-state index contributed by atoms with van der Waals surface area (Å²) in [6.07, 6.45) is 6.40. The van der Waals surface area contributed by atoms with Gasteiger partial charge in [0.2, 0.25) is 0 Å². The summed E-state index contributed by atoms with van der Waals surface area (Å²) in [6, 6.07) is 8.37. The van der Waals surface area contributed by atoms with E-state index < -0.39 is 0 Å². The zero-order valence-electron chi connectivity index (χ0n) is 15.0. The van der Waals surface area contributed by atoms with Crippen molar-refractivity contribution in [1.29, 1.82) is 0 Å². The molecule has 2 aromatic heterocycles. The van der Waals surface area contributed by atoms with Crippen molar-refractivity contribution in [2.45, 2.75) is 31.8 Å². The van der Waals surface area contributed by atoms with E-state index in [0.29, 0.717) is 5.92 Å². The number of methoxy groups -OCH3 is 1. The zero-order valence-corrected chi connectivity index (χ0v) is 15.9. The number of nitrogens with zero attached hydrogens (tertiary/aromatic N) is 4. The maximum Gasteiger partial charge on any atom is 0.119 e. The fraction of sp³-hybridized carbons (Fsp3) is 0.400. The molecule has 5 nitrogen and oxygen atoms in total. The summed E-state index contributed by atoms with van der Waals surface area (Å²) in [5, 5.41) is 2.11. The molecule has 0 radical (unpaired) electrons. The van der Waals surface area contributed by atoms with Crippen LogP contribution in [0.3, 0.4) is 0 Å². The quantitative estimate of drug-likeness (QED) is 0.664. The highest BCUT2D eigenvalue weighted by molar-refractivity contribution is 7.07. The third kappa shape index (κ3) is 3.97. The fourth-order valence-corrected chi connectivity index (χ4v) is 4.29. The molecular formula is C20H24N4OS. The SMILES string of the molecule is COc1cccc(CN2CCC[C@@H](c3nccn3Cc3cscn3)C2)c1. The Bertz CT molecular complexity index is 830. The van der Waals surface area contributed by atoms with Gasteiger partial charge in [0, 0.05) is 36.8 Å². The van der Waals surface area contributed by atoms with Crippen molar-refractivity contribution in [3.8, 4) is 5.75 Å². The Balaban J connectivity index is 1.44. The minimum atomic E-state index is 0.475. The first kappa shape index (κ1) is 17.2. The van der Waals surface area contributed by atoms with E-state index in [-0.39, 0.29) is 0 Å². The van der Waals surface area contributed by atoms with Crippen molar-refractivity contribution in [2.75, 3.05) is 20.2 Å². The van der Waals surface area contributed by atoms with Gasteiger partial charge in [-0.25, -0.2) is 9.97 Å². The van der Waals surface area contributed by atoms with E-state index in [1.807, 2.05) is 17.8 Å². The van der Waals surface area contributed by atoms with E-state index in [9.17, 15) is 0 Å². The van der Waals surface area contributed by atoms with Crippen LogP contribution >= 0.6 is 11.3 Å². The molecule has 1 atom stereocenters. The van der Waals surface area contributed by atoms with Gasteiger partial charge in [0.15, 0.2) is 0 Å². The number of piperidine rings is 1. The largest absolute Gasteiger partial charge is 0.497 e. The monoisotopic (exact) mass is 368 g/mol. The van der Waals surface area contributed by atoms with Crippen LogP contribution in [0.5, 0.6) is 5.75 Å². The summed E-state index contributed by atoms with van der Waals surface area (Å²) in [4.78, 5) is 11.6. The van der Waals surface area contributed by atoms with E-state index in [2.05, 4.69) is 49.2 Å². The van der Waals surface area contributed by atoms with Crippen molar-refractivity contribution in [2.24, 2.45) is 0 Å². The number of benzene rings is 1. The van der Waals surface area contributed by atoms with Crippen LogP contribution in [0, 0.1) is 0 Å². The summed E-state index contributed by atoms with van der Waals surface area (Å²) in [7, 11) is 1.72. The van der Waals surface area contributed by atoms with Crippen LogP contribution in [0.15, 0.2) is 47.5 Å². The first-order valence-electron chi connectivity index (χ1n) is 9.05. The van der Waals surface area contributed by atoms with E-state index in [4.69, 9.17) is 4.74 Å². The van der Waals surface area contributed by atoms with Crippen molar-refractivity contribution in [3.05, 3.63) is 64.6 Å². The second kappa shape index (κ2) is 8.01. The minimum absolute atomic E-state index is 0.475. The van der Waals surface area contributed by atoms with Gasteiger partial charge in [-0.2, -0.15) is 0 Å². The minimum Gasteiger partial charge on any atom is -0.497 e. The fourth-order valence-electron chi connectivity index (χ4n) is 3.74. The standard InChI is InChI=1S/C20H24N4OS/c1-25-19-6-2-4-16(10-19)11-23-8-3-5-17(12-23)20-21-7-9-24(20)13-18-14-26-15-22-18/h2,4,6-7,9-10,14-15,17H,3,5,8,11-13H2,1H3/t17-/m1/s1. The van der Waals surface area contributed by atoms with Crippen LogP contribution in [0.2, 0.25) is 0 Å². The average molecular weight is 369 g/mol. The van der Waals surface area contributed by atoms with Crippen molar-refractivity contribution >= 4 is 11.3 Å². The van der Waals surface area contributed by atoms with E-state index in [1.165, 1.54) is 24.2 Å². The number of aromatic nitrogens is 3. The summed E-state index contributed by atoms with van der Waals surface area (Å²) in [5.41, 5.74) is 4.30. The van der Waals surface area contributed by atoms with Gasteiger partial charge in [-0.3, -0.25) is 4.90 Å². The molecule has 3 heterocycles. The first-order valence-corrected chi connectivity index (χ1v) is 9.99. The smallest absolute Gasteiger partial charge is 0.119 e. The van der Waals surface area contributed by atoms with Gasteiger partial charge in [0.05, 0.1) is 24.9 Å². The van der Waals surface area contributed by atoms with Crippen molar-refractivity contribution in [1.82, 2.24) is 19.4 Å². The molecule has 1 saturated heterocycles. The molecule has 0 unspecified atom stereocenters. The average Bonchev–Trinajstić information content (AvgIpc) is 3.34. The molecule has 1 fully saturated rings. The van der Waals surface area contributed by atoms with Crippen LogP contribution in [0.4, 0.5) is 0 Å². The predicted octanol–water partition coefficient (Wildman–Crippen LogP) is 3.78. The molecular weight excluding hydrogens is 344 g/mol. The van der Waals surface area contributed by atoms with Crippen LogP contribution < -0.4 is 4.74 Å². The lowest BCUT2D eigenvalue weighted by atomic mass is 9.96. The molecule has 0 amide bonds. The molecule has 3 aromatic rings. The third-order valence-corrected chi connectivity index (χ3v) is 5.61. The van der Waals surface area contributed by atoms with Gasteiger partial charge < -0.3 is 9.30 Å². The van der Waals surface area contributed by atoms with Crippen LogP contribution in [-0.4, -0.2) is 39.6 Å². The zero-order chi connectivity index (χ0) is 17.8. The molecule has 0 bridgehead atoms. The third-order valence-electron chi connectivity index (χ3n) is 4.97. The Morgan fingerprint density at radius 2 is 2.23 bits per heavy atom. The summed E-state index contributed by atoms with van der Waals surface area (Å²) in [5.74, 6) is 2.59. The highest BCUT2D eigenvalue weighted by atomic mass is 32.1. The van der Waals surface area contributed by atoms with Crippen molar-refractivity contribution < 1.29 is 4.74 Å². The van der Waals surface area contributed by atoms with Crippen molar-refractivity contribution in [3.63, 3.8) is 0 Å². The lowest BCUT2D eigenvalue weighted by Gasteiger charge is -2.32. The predicted molar refractivity (Wildman–Crippen MR) is 104 cm³/mol. The molecule has 26 heavy (non-hydrogen) atoms. The maximum absolute atomic E-state index is 5.35. The Hall–Kier alpha value is -2.18. The van der Waals surface area contributed by atoms with Gasteiger partial charge >= 0.3 is 0 Å². The molecule has 0 N–H and O–H groups in total. The number of hydrogen-bond acceptors (Lipinski definition) is 5. The number of rotatable bonds is 6. The Morgan fingerprint density at radius 3 is 3.08 bits per heavy atom. The molecule has 1 aromatic carbocycles. The van der Waals surface area contributed by atoms with Crippen LogP contribution in [0.1, 0.15) is 35.8 Å². The molecule has 0 saturated carbocycles. The molecule has 0 aliphatic carbocycles. The van der Waals surface area contributed by atoms with Gasteiger partial charge in [-0.15, -0.1) is 11.3 Å². The highest BCUT2D eigenvalue weighted by Gasteiger charge is 2.25. The van der Waals surface area contributed by atoms with Gasteiger partial charge in [0.1, 0.15) is 11.6 Å². The molecule has 4 rings (SSSR count). The van der Waals surface area contributed by atoms with Gasteiger partial charge in [-0.05, 0) is 37.1 Å². The summed E-state index contributed by atoms with van der Waals surface area (Å²) < 4.78 is 7.61. The second-order valence-corrected chi connectivity index (χ2v) is 7.54. The summed E-state index contributed by atoms with van der Waals surface area (Å²) >= 11 is 1.64. The van der Waals surface area contributed by atoms with Crippen LogP contribution in [-0.2, 0) is 13.1 Å². The molecule has 1 aliphatic heterocycles. The Labute approximate surface area is 158 Å². The Morgan fingerprint density at radius 1 is 1.27 bits per heavy atom. The van der Waals surface area contributed by atoms with E-state index in [0.717, 1.165) is 37.6 Å². The van der Waals surface area contributed by atoms with Crippen LogP contribution in [0.25, 0.3) is 0 Å². The number of imidazole rings is 1. The molecule has 0 spiro atoms. The number of ether oxygens (including phenoxy) is 1. The normalized spacial score (nSPS) is 18.1. The molecule has 1 aliphatic rings. The Kier molecular flexibility index (Phi) is 5.32.